The molecule has 0 unspecified atom stereocenters. The first-order chi connectivity index (χ1) is 21.7. The number of likely N-dealkylation sites (tertiary alicyclic amines) is 1. The first kappa shape index (κ1) is 42.2. The highest BCUT2D eigenvalue weighted by molar-refractivity contribution is 6.31. The summed E-state index contributed by atoms with van der Waals surface area (Å²) >= 11 is 5.94. The van der Waals surface area contributed by atoms with E-state index in [2.05, 4.69) is 15.2 Å². The summed E-state index contributed by atoms with van der Waals surface area (Å²) in [4.78, 5) is 33.5. The standard InChI is InChI=1S/C31H30ClF6N5O3.3ClH/c32-25-14-20(5-8-24(25)30(33,34)35)23-16-39-27(15-21(23)17-43-9-1-2-26(43)31(36,37)38)40-29(46)19-3-6-22(7-4-19)42-12-10-41(11-13-42)18-28(44)45;;;/h3-8,14-16,26H,1-2,9-13,17-18H2,(H,44,45)(H,39,40,46);3*1H/t26-;;;/m0.../s1. The Kier molecular flexibility index (Phi) is 14.9. The Bertz CT molecular complexity index is 1590. The number of carboxylic acid groups (broad SMARTS) is 1. The van der Waals surface area contributed by atoms with Gasteiger partial charge in [-0.2, -0.15) is 26.3 Å². The van der Waals surface area contributed by atoms with Crippen LogP contribution >= 0.6 is 48.8 Å². The van der Waals surface area contributed by atoms with Gasteiger partial charge in [0.15, 0.2) is 0 Å². The Morgan fingerprint density at radius 3 is 2.14 bits per heavy atom. The normalized spacial score (nSPS) is 17.0. The molecule has 0 aliphatic carbocycles. The van der Waals surface area contributed by atoms with Gasteiger partial charge in [-0.3, -0.25) is 19.4 Å². The first-order valence-corrected chi connectivity index (χ1v) is 14.8. The molecule has 1 atom stereocenters. The number of rotatable bonds is 8. The van der Waals surface area contributed by atoms with Gasteiger partial charge >= 0.3 is 18.3 Å². The minimum atomic E-state index is -4.69. The number of hydrogen-bond acceptors (Lipinski definition) is 6. The molecule has 1 amide bonds. The second-order valence-corrected chi connectivity index (χ2v) is 11.7. The lowest BCUT2D eigenvalue weighted by Crippen LogP contribution is -2.47. The Morgan fingerprint density at radius 1 is 0.918 bits per heavy atom. The van der Waals surface area contributed by atoms with Crippen molar-refractivity contribution in [2.75, 3.05) is 49.5 Å². The van der Waals surface area contributed by atoms with Crippen molar-refractivity contribution in [3.63, 3.8) is 0 Å². The van der Waals surface area contributed by atoms with E-state index in [4.69, 9.17) is 16.7 Å². The monoisotopic (exact) mass is 777 g/mol. The van der Waals surface area contributed by atoms with Gasteiger partial charge in [0.1, 0.15) is 11.9 Å². The Morgan fingerprint density at radius 2 is 1.57 bits per heavy atom. The molecule has 2 aliphatic heterocycles. The van der Waals surface area contributed by atoms with E-state index in [0.29, 0.717) is 43.7 Å². The van der Waals surface area contributed by atoms with Crippen LogP contribution < -0.4 is 10.2 Å². The van der Waals surface area contributed by atoms with Crippen molar-refractivity contribution in [2.24, 2.45) is 0 Å². The van der Waals surface area contributed by atoms with Gasteiger partial charge in [0, 0.05) is 55.7 Å². The van der Waals surface area contributed by atoms with E-state index in [0.717, 1.165) is 17.8 Å². The topological polar surface area (TPSA) is 89.0 Å². The molecule has 270 valence electrons. The van der Waals surface area contributed by atoms with Crippen molar-refractivity contribution in [3.8, 4) is 11.1 Å². The number of carbonyl (C=O) groups excluding carboxylic acids is 1. The summed E-state index contributed by atoms with van der Waals surface area (Å²) in [5, 5.41) is 11.1. The molecule has 1 aromatic heterocycles. The number of pyridine rings is 1. The van der Waals surface area contributed by atoms with Crippen molar-refractivity contribution in [1.82, 2.24) is 14.8 Å². The molecule has 0 spiro atoms. The fourth-order valence-electron chi connectivity index (χ4n) is 5.84. The molecule has 2 fully saturated rings. The van der Waals surface area contributed by atoms with Crippen LogP contribution in [0.2, 0.25) is 5.02 Å². The Hall–Kier alpha value is -3.01. The number of amides is 1. The molecular weight excluding hydrogens is 746 g/mol. The lowest BCUT2D eigenvalue weighted by atomic mass is 9.99. The maximum Gasteiger partial charge on any atom is 0.417 e. The van der Waals surface area contributed by atoms with Gasteiger partial charge in [-0.15, -0.1) is 37.2 Å². The minimum Gasteiger partial charge on any atom is -0.480 e. The summed E-state index contributed by atoms with van der Waals surface area (Å²) < 4.78 is 81.1. The average Bonchev–Trinajstić information content (AvgIpc) is 3.46. The number of hydrogen-bond donors (Lipinski definition) is 2. The maximum atomic E-state index is 13.7. The summed E-state index contributed by atoms with van der Waals surface area (Å²) in [5.74, 6) is -1.34. The third-order valence-electron chi connectivity index (χ3n) is 8.16. The quantitative estimate of drug-likeness (QED) is 0.227. The number of aliphatic carboxylic acids is 1. The van der Waals surface area contributed by atoms with Crippen LogP contribution in [0.25, 0.3) is 11.1 Å². The number of halogens is 10. The third kappa shape index (κ3) is 10.5. The summed E-state index contributed by atoms with van der Waals surface area (Å²) in [5.41, 5.74) is 0.965. The van der Waals surface area contributed by atoms with Crippen molar-refractivity contribution >= 4 is 72.2 Å². The number of anilines is 2. The van der Waals surface area contributed by atoms with Crippen LogP contribution in [-0.4, -0.2) is 83.3 Å². The molecule has 2 aromatic carbocycles. The van der Waals surface area contributed by atoms with Crippen LogP contribution in [0.5, 0.6) is 0 Å². The van der Waals surface area contributed by atoms with Gasteiger partial charge < -0.3 is 15.3 Å². The van der Waals surface area contributed by atoms with E-state index < -0.39 is 40.9 Å². The summed E-state index contributed by atoms with van der Waals surface area (Å²) in [7, 11) is 0. The van der Waals surface area contributed by atoms with E-state index >= 15 is 0 Å². The average molecular weight is 779 g/mol. The van der Waals surface area contributed by atoms with Crippen LogP contribution in [0.4, 0.5) is 37.8 Å². The molecule has 3 heterocycles. The summed E-state index contributed by atoms with van der Waals surface area (Å²) in [6.45, 7) is 2.36. The van der Waals surface area contributed by atoms with E-state index in [-0.39, 0.29) is 80.2 Å². The van der Waals surface area contributed by atoms with Crippen LogP contribution in [0.15, 0.2) is 54.7 Å². The van der Waals surface area contributed by atoms with Crippen molar-refractivity contribution in [2.45, 2.75) is 37.8 Å². The largest absolute Gasteiger partial charge is 0.480 e. The second kappa shape index (κ2) is 17.3. The number of alkyl halides is 6. The van der Waals surface area contributed by atoms with Crippen molar-refractivity contribution in [3.05, 3.63) is 76.4 Å². The fraction of sp³-hybridized carbons (Fsp3) is 0.387. The highest BCUT2D eigenvalue weighted by Gasteiger charge is 2.45. The van der Waals surface area contributed by atoms with Crippen LogP contribution in [-0.2, 0) is 17.5 Å². The lowest BCUT2D eigenvalue weighted by molar-refractivity contribution is -0.177. The number of carbonyl (C=O) groups is 2. The Balaban J connectivity index is 0.00000278. The summed E-state index contributed by atoms with van der Waals surface area (Å²) in [6, 6.07) is 9.61. The molecule has 2 aliphatic rings. The number of piperazine rings is 1. The predicted molar refractivity (Wildman–Crippen MR) is 182 cm³/mol. The predicted octanol–water partition coefficient (Wildman–Crippen LogP) is 7.67. The highest BCUT2D eigenvalue weighted by atomic mass is 35.5. The zero-order valence-corrected chi connectivity index (χ0v) is 28.8. The molecule has 49 heavy (non-hydrogen) atoms. The van der Waals surface area contributed by atoms with E-state index in [1.54, 1.807) is 24.3 Å². The number of aromatic nitrogens is 1. The smallest absolute Gasteiger partial charge is 0.417 e. The van der Waals surface area contributed by atoms with Crippen LogP contribution in [0.3, 0.4) is 0 Å². The molecular formula is C31H33Cl4F6N5O3. The van der Waals surface area contributed by atoms with E-state index in [9.17, 15) is 35.9 Å². The molecule has 0 radical (unpaired) electrons. The van der Waals surface area contributed by atoms with Crippen LogP contribution in [0, 0.1) is 0 Å². The molecule has 0 saturated carbocycles. The lowest BCUT2D eigenvalue weighted by Gasteiger charge is -2.35. The minimum absolute atomic E-state index is 0. The molecule has 0 bridgehead atoms. The van der Waals surface area contributed by atoms with Gasteiger partial charge in [0.05, 0.1) is 17.1 Å². The molecule has 3 aromatic rings. The SMILES string of the molecule is Cl.Cl.Cl.O=C(O)CN1CCN(c2ccc(C(=O)Nc3cc(CN4CCC[C@H]4C(F)(F)F)c(-c4ccc(C(F)(F)F)c(Cl)c4)cn3)cc2)CC1. The number of benzene rings is 2. The summed E-state index contributed by atoms with van der Waals surface area (Å²) in [6.07, 6.45) is -7.59. The van der Waals surface area contributed by atoms with E-state index in [1.807, 2.05) is 4.90 Å². The zero-order valence-electron chi connectivity index (χ0n) is 25.6. The third-order valence-corrected chi connectivity index (χ3v) is 8.47. The van der Waals surface area contributed by atoms with Gasteiger partial charge in [-0.05, 0) is 73.0 Å². The van der Waals surface area contributed by atoms with Gasteiger partial charge in [-0.1, -0.05) is 17.7 Å². The van der Waals surface area contributed by atoms with Gasteiger partial charge in [0.25, 0.3) is 5.91 Å². The van der Waals surface area contributed by atoms with Gasteiger partial charge in [0.2, 0.25) is 0 Å². The fourth-order valence-corrected chi connectivity index (χ4v) is 6.13. The second-order valence-electron chi connectivity index (χ2n) is 11.2. The molecule has 8 nitrogen and oxygen atoms in total. The molecule has 2 N–H and O–H groups in total. The number of nitrogens with zero attached hydrogens (tertiary/aromatic N) is 4. The van der Waals surface area contributed by atoms with Crippen molar-refractivity contribution in [1.29, 1.82) is 0 Å². The molecule has 5 rings (SSSR count). The van der Waals surface area contributed by atoms with E-state index in [1.165, 1.54) is 23.2 Å². The highest BCUT2D eigenvalue weighted by Crippen LogP contribution is 2.39. The van der Waals surface area contributed by atoms with Gasteiger partial charge in [-0.25, -0.2) is 4.98 Å². The number of carboxylic acids is 1. The molecule has 18 heteroatoms. The zero-order chi connectivity index (χ0) is 33.2. The number of nitrogens with one attached hydrogen (secondary N) is 1. The van der Waals surface area contributed by atoms with Crippen molar-refractivity contribution < 1.29 is 41.0 Å². The van der Waals surface area contributed by atoms with Crippen LogP contribution in [0.1, 0.15) is 34.3 Å². The first-order valence-electron chi connectivity index (χ1n) is 14.5. The molecule has 2 saturated heterocycles. The maximum absolute atomic E-state index is 13.7. The Labute approximate surface area is 302 Å².